The zero-order valence-electron chi connectivity index (χ0n) is 10.4. The number of nitrogens with one attached hydrogen (secondary N) is 1. The minimum Gasteiger partial charge on any atom is -0.377 e. The van der Waals surface area contributed by atoms with Gasteiger partial charge in [0.2, 0.25) is 0 Å². The first kappa shape index (κ1) is 12.7. The van der Waals surface area contributed by atoms with Gasteiger partial charge in [-0.25, -0.2) is 4.98 Å². The Morgan fingerprint density at radius 2 is 2.00 bits per heavy atom. The Labute approximate surface area is 106 Å². The van der Waals surface area contributed by atoms with Gasteiger partial charge in [-0.15, -0.1) is 0 Å². The monoisotopic (exact) mass is 247 g/mol. The van der Waals surface area contributed by atoms with E-state index in [1.54, 1.807) is 7.11 Å². The van der Waals surface area contributed by atoms with E-state index in [0.717, 1.165) is 11.6 Å². The third-order valence-corrected chi connectivity index (χ3v) is 2.44. The van der Waals surface area contributed by atoms with E-state index in [-0.39, 0.29) is 0 Å². The van der Waals surface area contributed by atoms with Gasteiger partial charge in [-0.1, -0.05) is 30.3 Å². The van der Waals surface area contributed by atoms with Crippen LogP contribution in [0.25, 0.3) is 0 Å². The SMILES string of the molecule is COCc1nc(CCOCc2ccccc2)n[nH]1. The molecule has 0 radical (unpaired) electrons. The molecule has 96 valence electrons. The van der Waals surface area contributed by atoms with Crippen molar-refractivity contribution in [2.45, 2.75) is 19.6 Å². The fourth-order valence-corrected chi connectivity index (χ4v) is 1.58. The molecule has 1 N–H and O–H groups in total. The molecule has 0 saturated carbocycles. The third-order valence-electron chi connectivity index (χ3n) is 2.44. The Hall–Kier alpha value is -1.72. The molecule has 1 heterocycles. The van der Waals surface area contributed by atoms with E-state index in [1.807, 2.05) is 30.3 Å². The lowest BCUT2D eigenvalue weighted by Gasteiger charge is -2.02. The summed E-state index contributed by atoms with van der Waals surface area (Å²) in [6.45, 7) is 1.69. The zero-order chi connectivity index (χ0) is 12.6. The molecule has 1 aromatic heterocycles. The van der Waals surface area contributed by atoms with Crippen molar-refractivity contribution in [1.82, 2.24) is 15.2 Å². The van der Waals surface area contributed by atoms with Crippen LogP contribution in [0.15, 0.2) is 30.3 Å². The number of hydrogen-bond donors (Lipinski definition) is 1. The highest BCUT2D eigenvalue weighted by Crippen LogP contribution is 2.01. The quantitative estimate of drug-likeness (QED) is 0.757. The number of aromatic nitrogens is 3. The highest BCUT2D eigenvalue weighted by molar-refractivity contribution is 5.13. The number of nitrogens with zero attached hydrogens (tertiary/aromatic N) is 2. The normalized spacial score (nSPS) is 10.7. The summed E-state index contributed by atoms with van der Waals surface area (Å²) in [5.41, 5.74) is 1.17. The number of hydrogen-bond acceptors (Lipinski definition) is 4. The molecule has 0 fully saturated rings. The molecule has 0 unspecified atom stereocenters. The van der Waals surface area contributed by atoms with Crippen LogP contribution in [0.2, 0.25) is 0 Å². The van der Waals surface area contributed by atoms with E-state index in [1.165, 1.54) is 5.56 Å². The van der Waals surface area contributed by atoms with Gasteiger partial charge in [-0.05, 0) is 5.56 Å². The maximum atomic E-state index is 5.57. The molecule has 5 nitrogen and oxygen atoms in total. The van der Waals surface area contributed by atoms with Crippen molar-refractivity contribution in [3.05, 3.63) is 47.5 Å². The van der Waals surface area contributed by atoms with Crippen molar-refractivity contribution >= 4 is 0 Å². The van der Waals surface area contributed by atoms with Gasteiger partial charge in [-0.3, -0.25) is 5.10 Å². The minimum absolute atomic E-state index is 0.456. The van der Waals surface area contributed by atoms with Crippen molar-refractivity contribution in [2.75, 3.05) is 13.7 Å². The first-order chi connectivity index (χ1) is 8.88. The van der Waals surface area contributed by atoms with Crippen LogP contribution in [0.5, 0.6) is 0 Å². The summed E-state index contributed by atoms with van der Waals surface area (Å²) in [7, 11) is 1.63. The lowest BCUT2D eigenvalue weighted by molar-refractivity contribution is 0.122. The van der Waals surface area contributed by atoms with Gasteiger partial charge in [0, 0.05) is 13.5 Å². The average Bonchev–Trinajstić information content (AvgIpc) is 2.84. The second-order valence-electron chi connectivity index (χ2n) is 3.92. The van der Waals surface area contributed by atoms with Crippen molar-refractivity contribution in [3.8, 4) is 0 Å². The highest BCUT2D eigenvalue weighted by Gasteiger charge is 2.02. The van der Waals surface area contributed by atoms with E-state index < -0.39 is 0 Å². The fraction of sp³-hybridized carbons (Fsp3) is 0.385. The predicted octanol–water partition coefficient (Wildman–Crippen LogP) is 1.71. The van der Waals surface area contributed by atoms with Crippen LogP contribution in [-0.2, 0) is 29.1 Å². The van der Waals surface area contributed by atoms with Gasteiger partial charge >= 0.3 is 0 Å². The summed E-state index contributed by atoms with van der Waals surface area (Å²) in [6.07, 6.45) is 0.701. The van der Waals surface area contributed by atoms with Gasteiger partial charge in [0.05, 0.1) is 13.2 Å². The third kappa shape index (κ3) is 3.94. The first-order valence-electron chi connectivity index (χ1n) is 5.89. The van der Waals surface area contributed by atoms with E-state index in [0.29, 0.717) is 26.2 Å². The van der Waals surface area contributed by atoms with Crippen molar-refractivity contribution in [3.63, 3.8) is 0 Å². The molecular formula is C13H17N3O2. The summed E-state index contributed by atoms with van der Waals surface area (Å²) < 4.78 is 10.5. The molecule has 0 saturated heterocycles. The van der Waals surface area contributed by atoms with E-state index in [4.69, 9.17) is 9.47 Å². The van der Waals surface area contributed by atoms with Gasteiger partial charge in [0.1, 0.15) is 6.61 Å². The summed E-state index contributed by atoms with van der Waals surface area (Å²) in [5, 5.41) is 6.91. The molecule has 0 aliphatic carbocycles. The lowest BCUT2D eigenvalue weighted by Crippen LogP contribution is -2.00. The molecule has 0 atom stereocenters. The summed E-state index contributed by atoms with van der Waals surface area (Å²) in [6, 6.07) is 10.1. The van der Waals surface area contributed by atoms with Crippen LogP contribution >= 0.6 is 0 Å². The fourth-order valence-electron chi connectivity index (χ4n) is 1.58. The Balaban J connectivity index is 1.68. The summed E-state index contributed by atoms with van der Waals surface area (Å²) in [5.74, 6) is 1.51. The first-order valence-corrected chi connectivity index (χ1v) is 5.89. The summed E-state index contributed by atoms with van der Waals surface area (Å²) in [4.78, 5) is 4.27. The molecule has 2 rings (SSSR count). The van der Waals surface area contributed by atoms with Crippen LogP contribution in [0.1, 0.15) is 17.2 Å². The highest BCUT2D eigenvalue weighted by atomic mass is 16.5. The standard InChI is InChI=1S/C13H17N3O2/c1-17-10-13-14-12(15-16-13)7-8-18-9-11-5-3-2-4-6-11/h2-6H,7-10H2,1H3,(H,14,15,16). The number of aromatic amines is 1. The number of methoxy groups -OCH3 is 1. The maximum Gasteiger partial charge on any atom is 0.153 e. The molecule has 0 spiro atoms. The van der Waals surface area contributed by atoms with Crippen molar-refractivity contribution < 1.29 is 9.47 Å². The molecular weight excluding hydrogens is 230 g/mol. The maximum absolute atomic E-state index is 5.57. The van der Waals surface area contributed by atoms with E-state index in [9.17, 15) is 0 Å². The number of benzene rings is 1. The molecule has 0 aliphatic rings. The van der Waals surface area contributed by atoms with Crippen LogP contribution in [-0.4, -0.2) is 28.9 Å². The molecule has 0 amide bonds. The summed E-state index contributed by atoms with van der Waals surface area (Å²) >= 11 is 0. The topological polar surface area (TPSA) is 60.0 Å². The van der Waals surface area contributed by atoms with Crippen LogP contribution in [0.4, 0.5) is 0 Å². The van der Waals surface area contributed by atoms with E-state index in [2.05, 4.69) is 15.2 Å². The smallest absolute Gasteiger partial charge is 0.153 e. The Morgan fingerprint density at radius 1 is 1.17 bits per heavy atom. The second kappa shape index (κ2) is 6.88. The largest absolute Gasteiger partial charge is 0.377 e. The lowest BCUT2D eigenvalue weighted by atomic mass is 10.2. The van der Waals surface area contributed by atoms with Crippen LogP contribution in [0, 0.1) is 0 Å². The van der Waals surface area contributed by atoms with Crippen molar-refractivity contribution in [1.29, 1.82) is 0 Å². The molecule has 0 bridgehead atoms. The van der Waals surface area contributed by atoms with Crippen LogP contribution < -0.4 is 0 Å². The molecule has 0 aliphatic heterocycles. The van der Waals surface area contributed by atoms with E-state index >= 15 is 0 Å². The molecule has 18 heavy (non-hydrogen) atoms. The number of rotatable bonds is 7. The predicted molar refractivity (Wildman–Crippen MR) is 66.9 cm³/mol. The van der Waals surface area contributed by atoms with Gasteiger partial charge in [-0.2, -0.15) is 5.10 Å². The van der Waals surface area contributed by atoms with Gasteiger partial charge in [0.15, 0.2) is 11.6 Å². The van der Waals surface area contributed by atoms with Gasteiger partial charge < -0.3 is 9.47 Å². The average molecular weight is 247 g/mol. The Kier molecular flexibility index (Phi) is 4.87. The number of ether oxygens (including phenoxy) is 2. The minimum atomic E-state index is 0.456. The van der Waals surface area contributed by atoms with Crippen LogP contribution in [0.3, 0.4) is 0 Å². The molecule has 2 aromatic rings. The number of H-pyrrole nitrogens is 1. The zero-order valence-corrected chi connectivity index (χ0v) is 10.4. The Bertz CT molecular complexity index is 456. The molecule has 5 heteroatoms. The molecule has 1 aromatic carbocycles. The van der Waals surface area contributed by atoms with Gasteiger partial charge in [0.25, 0.3) is 0 Å². The Morgan fingerprint density at radius 3 is 2.78 bits per heavy atom. The second-order valence-corrected chi connectivity index (χ2v) is 3.92. The van der Waals surface area contributed by atoms with Crippen molar-refractivity contribution in [2.24, 2.45) is 0 Å².